The van der Waals surface area contributed by atoms with Crippen molar-refractivity contribution < 1.29 is 4.74 Å². The predicted octanol–water partition coefficient (Wildman–Crippen LogP) is 5.47. The topological polar surface area (TPSA) is 63.7 Å². The third-order valence-electron chi connectivity index (χ3n) is 5.08. The van der Waals surface area contributed by atoms with Crippen LogP contribution in [0.15, 0.2) is 47.8 Å². The number of H-pyrrole nitrogens is 1. The first kappa shape index (κ1) is 20.1. The zero-order chi connectivity index (χ0) is 20.9. The van der Waals surface area contributed by atoms with E-state index in [2.05, 4.69) is 82.0 Å². The van der Waals surface area contributed by atoms with Crippen LogP contribution in [0, 0.1) is 11.8 Å². The van der Waals surface area contributed by atoms with Gasteiger partial charge in [0.2, 0.25) is 0 Å². The van der Waals surface area contributed by atoms with E-state index in [1.54, 1.807) is 0 Å². The van der Waals surface area contributed by atoms with Crippen molar-refractivity contribution in [2.45, 2.75) is 45.6 Å². The number of benzene rings is 2. The molecule has 0 spiro atoms. The van der Waals surface area contributed by atoms with Gasteiger partial charge in [0.15, 0.2) is 0 Å². The van der Waals surface area contributed by atoms with Crippen LogP contribution in [0.25, 0.3) is 10.1 Å². The molecule has 0 radical (unpaired) electrons. The number of aromatic nitrogens is 4. The molecule has 0 fully saturated rings. The standard InChI is InChI=1S/C24H24N4OS/c1-4-5-19(13-24-25-27-28-26-24)18-7-9-20(10-8-18)29-14-17-6-11-23-21(12-17)22(15-30-23)16(2)3/h6-12,15-16,19H,13-14H2,1-3H3,(H,25,26,27,28). The van der Waals surface area contributed by atoms with Gasteiger partial charge < -0.3 is 4.74 Å². The number of hydrogen-bond donors (Lipinski definition) is 1. The molecule has 0 aliphatic carbocycles. The second kappa shape index (κ2) is 9.10. The average Bonchev–Trinajstić information content (AvgIpc) is 3.42. The van der Waals surface area contributed by atoms with Gasteiger partial charge >= 0.3 is 0 Å². The van der Waals surface area contributed by atoms with Crippen molar-refractivity contribution >= 4 is 21.4 Å². The van der Waals surface area contributed by atoms with Crippen LogP contribution in [0.4, 0.5) is 0 Å². The summed E-state index contributed by atoms with van der Waals surface area (Å²) in [6.45, 7) is 6.87. The molecule has 1 atom stereocenters. The van der Waals surface area contributed by atoms with Crippen molar-refractivity contribution in [1.29, 1.82) is 0 Å². The highest BCUT2D eigenvalue weighted by Crippen LogP contribution is 2.32. The van der Waals surface area contributed by atoms with Gasteiger partial charge in [-0.25, -0.2) is 5.10 Å². The van der Waals surface area contributed by atoms with Crippen LogP contribution in [0.2, 0.25) is 0 Å². The molecule has 1 unspecified atom stereocenters. The molecule has 4 rings (SSSR count). The largest absolute Gasteiger partial charge is 0.489 e. The number of nitrogens with one attached hydrogen (secondary N) is 1. The molecule has 152 valence electrons. The van der Waals surface area contributed by atoms with Gasteiger partial charge in [0.1, 0.15) is 18.2 Å². The molecule has 30 heavy (non-hydrogen) atoms. The minimum Gasteiger partial charge on any atom is -0.489 e. The SMILES string of the molecule is CC#CC(Cc1nnn[nH]1)c1ccc(OCc2ccc3scc(C(C)C)c3c2)cc1. The summed E-state index contributed by atoms with van der Waals surface area (Å²) in [5.74, 6) is 8.37. The zero-order valence-electron chi connectivity index (χ0n) is 17.3. The molecule has 0 saturated carbocycles. The van der Waals surface area contributed by atoms with Crippen LogP contribution in [0.3, 0.4) is 0 Å². The lowest BCUT2D eigenvalue weighted by atomic mass is 9.96. The molecule has 1 N–H and O–H groups in total. The molecule has 2 aromatic carbocycles. The highest BCUT2D eigenvalue weighted by atomic mass is 32.1. The third kappa shape index (κ3) is 4.52. The fourth-order valence-corrected chi connectivity index (χ4v) is 4.58. The number of rotatable bonds is 7. The monoisotopic (exact) mass is 416 g/mol. The summed E-state index contributed by atoms with van der Waals surface area (Å²) in [5.41, 5.74) is 3.71. The van der Waals surface area contributed by atoms with Crippen molar-refractivity contribution in [3.8, 4) is 17.6 Å². The lowest BCUT2D eigenvalue weighted by molar-refractivity contribution is 0.306. The third-order valence-corrected chi connectivity index (χ3v) is 6.06. The van der Waals surface area contributed by atoms with Gasteiger partial charge in [-0.3, -0.25) is 0 Å². The van der Waals surface area contributed by atoms with Crippen LogP contribution in [-0.2, 0) is 13.0 Å². The van der Waals surface area contributed by atoms with E-state index in [0.717, 1.165) is 17.1 Å². The average molecular weight is 417 g/mol. The highest BCUT2D eigenvalue weighted by molar-refractivity contribution is 7.17. The number of nitrogens with zero attached hydrogens (tertiary/aromatic N) is 3. The summed E-state index contributed by atoms with van der Waals surface area (Å²) in [5, 5.41) is 17.7. The fourth-order valence-electron chi connectivity index (χ4n) is 3.48. The Bertz CT molecular complexity index is 1170. The maximum atomic E-state index is 6.05. The van der Waals surface area contributed by atoms with E-state index in [9.17, 15) is 0 Å². The quantitative estimate of drug-likeness (QED) is 0.406. The molecule has 5 nitrogen and oxygen atoms in total. The minimum absolute atomic E-state index is 0.0363. The van der Waals surface area contributed by atoms with Crippen molar-refractivity contribution in [2.75, 3.05) is 0 Å². The summed E-state index contributed by atoms with van der Waals surface area (Å²) in [6, 6.07) is 14.7. The van der Waals surface area contributed by atoms with Gasteiger partial charge in [-0.15, -0.1) is 22.4 Å². The van der Waals surface area contributed by atoms with E-state index in [0.29, 0.717) is 18.9 Å². The van der Waals surface area contributed by atoms with Crippen LogP contribution >= 0.6 is 11.3 Å². The Hall–Kier alpha value is -3.17. The molecule has 2 aromatic heterocycles. The Morgan fingerprint density at radius 2 is 1.97 bits per heavy atom. The van der Waals surface area contributed by atoms with Crippen LogP contribution < -0.4 is 4.74 Å². The summed E-state index contributed by atoms with van der Waals surface area (Å²) in [7, 11) is 0. The number of aromatic amines is 1. The van der Waals surface area contributed by atoms with Crippen LogP contribution in [-0.4, -0.2) is 20.6 Å². The number of ether oxygens (including phenoxy) is 1. The number of tetrazole rings is 1. The van der Waals surface area contributed by atoms with Gasteiger partial charge in [-0.1, -0.05) is 38.0 Å². The lowest BCUT2D eigenvalue weighted by Crippen LogP contribution is -2.03. The smallest absolute Gasteiger partial charge is 0.150 e. The van der Waals surface area contributed by atoms with E-state index in [1.165, 1.54) is 21.2 Å². The lowest BCUT2D eigenvalue weighted by Gasteiger charge is -2.11. The van der Waals surface area contributed by atoms with E-state index >= 15 is 0 Å². The minimum atomic E-state index is 0.0363. The van der Waals surface area contributed by atoms with Crippen LogP contribution in [0.5, 0.6) is 5.75 Å². The summed E-state index contributed by atoms with van der Waals surface area (Å²) in [4.78, 5) is 0. The first-order valence-corrected chi connectivity index (χ1v) is 10.9. The van der Waals surface area contributed by atoms with Crippen molar-refractivity contribution in [2.24, 2.45) is 0 Å². The molecule has 2 heterocycles. The predicted molar refractivity (Wildman–Crippen MR) is 121 cm³/mol. The van der Waals surface area contributed by atoms with E-state index in [4.69, 9.17) is 4.74 Å². The van der Waals surface area contributed by atoms with E-state index < -0.39 is 0 Å². The first-order chi connectivity index (χ1) is 14.6. The zero-order valence-corrected chi connectivity index (χ0v) is 18.2. The highest BCUT2D eigenvalue weighted by Gasteiger charge is 2.13. The molecule has 0 bridgehead atoms. The van der Waals surface area contributed by atoms with E-state index in [-0.39, 0.29) is 5.92 Å². The molecular formula is C24H24N4OS. The summed E-state index contributed by atoms with van der Waals surface area (Å²) >= 11 is 1.81. The number of hydrogen-bond acceptors (Lipinski definition) is 5. The maximum Gasteiger partial charge on any atom is 0.150 e. The van der Waals surface area contributed by atoms with E-state index in [1.807, 2.05) is 30.4 Å². The molecule has 0 aliphatic rings. The molecule has 6 heteroatoms. The van der Waals surface area contributed by atoms with Crippen molar-refractivity contribution in [3.63, 3.8) is 0 Å². The van der Waals surface area contributed by atoms with Gasteiger partial charge in [0.25, 0.3) is 0 Å². The van der Waals surface area contributed by atoms with Gasteiger partial charge in [-0.05, 0) is 75.0 Å². The Balaban J connectivity index is 1.45. The molecule has 0 amide bonds. The molecular weight excluding hydrogens is 392 g/mol. The Kier molecular flexibility index (Phi) is 6.10. The second-order valence-electron chi connectivity index (χ2n) is 7.53. The second-order valence-corrected chi connectivity index (χ2v) is 8.44. The molecule has 0 saturated heterocycles. The Labute approximate surface area is 180 Å². The van der Waals surface area contributed by atoms with Crippen LogP contribution in [0.1, 0.15) is 55.1 Å². The Morgan fingerprint density at radius 1 is 1.13 bits per heavy atom. The van der Waals surface area contributed by atoms with Gasteiger partial charge in [-0.2, -0.15) is 0 Å². The maximum absolute atomic E-state index is 6.05. The number of thiophene rings is 1. The normalized spacial score (nSPS) is 12.0. The molecule has 0 aliphatic heterocycles. The summed E-state index contributed by atoms with van der Waals surface area (Å²) < 4.78 is 7.38. The van der Waals surface area contributed by atoms with Gasteiger partial charge in [0.05, 0.1) is 5.92 Å². The van der Waals surface area contributed by atoms with Crippen molar-refractivity contribution in [3.05, 3.63) is 70.4 Å². The fraction of sp³-hybridized carbons (Fsp3) is 0.292. The first-order valence-electron chi connectivity index (χ1n) is 10.0. The molecule has 4 aromatic rings. The number of fused-ring (bicyclic) bond motifs is 1. The Morgan fingerprint density at radius 3 is 2.67 bits per heavy atom. The van der Waals surface area contributed by atoms with Gasteiger partial charge in [0, 0.05) is 11.1 Å². The summed E-state index contributed by atoms with van der Waals surface area (Å²) in [6.07, 6.45) is 0.646. The van der Waals surface area contributed by atoms with Crippen molar-refractivity contribution in [1.82, 2.24) is 20.6 Å².